The molecule has 2 nitrogen and oxygen atoms in total. The number of hydrogen-bond acceptors (Lipinski definition) is 2. The molecule has 0 saturated carbocycles. The summed E-state index contributed by atoms with van der Waals surface area (Å²) in [6, 6.07) is 6.12. The van der Waals surface area contributed by atoms with E-state index in [4.69, 9.17) is 23.2 Å². The lowest BCUT2D eigenvalue weighted by Crippen LogP contribution is -2.30. The summed E-state index contributed by atoms with van der Waals surface area (Å²) in [6.45, 7) is 6.56. The molecule has 1 heterocycles. The Labute approximate surface area is 113 Å². The summed E-state index contributed by atoms with van der Waals surface area (Å²) in [5.41, 5.74) is 1.16. The van der Waals surface area contributed by atoms with Gasteiger partial charge in [-0.25, -0.2) is 0 Å². The SMILES string of the molecule is CC(c1ccc(Cl)cc1Cl)N1CCCNCC1. The molecule has 17 heavy (non-hydrogen) atoms. The minimum Gasteiger partial charge on any atom is -0.315 e. The molecule has 0 aliphatic carbocycles. The highest BCUT2D eigenvalue weighted by molar-refractivity contribution is 6.35. The first kappa shape index (κ1) is 13.2. The van der Waals surface area contributed by atoms with Crippen molar-refractivity contribution in [3.05, 3.63) is 33.8 Å². The summed E-state index contributed by atoms with van der Waals surface area (Å²) in [6.07, 6.45) is 1.19. The van der Waals surface area contributed by atoms with Crippen molar-refractivity contribution in [2.45, 2.75) is 19.4 Å². The van der Waals surface area contributed by atoms with Gasteiger partial charge in [0.15, 0.2) is 0 Å². The summed E-state index contributed by atoms with van der Waals surface area (Å²) in [4.78, 5) is 2.47. The van der Waals surface area contributed by atoms with Gasteiger partial charge < -0.3 is 5.32 Å². The van der Waals surface area contributed by atoms with Crippen molar-refractivity contribution in [2.24, 2.45) is 0 Å². The Morgan fingerprint density at radius 2 is 2.06 bits per heavy atom. The Morgan fingerprint density at radius 1 is 1.24 bits per heavy atom. The van der Waals surface area contributed by atoms with Gasteiger partial charge in [0.05, 0.1) is 0 Å². The molecule has 1 atom stereocenters. The predicted molar refractivity (Wildman–Crippen MR) is 73.9 cm³/mol. The molecule has 94 valence electrons. The van der Waals surface area contributed by atoms with Crippen LogP contribution in [0.1, 0.15) is 24.9 Å². The first-order valence-corrected chi connectivity index (χ1v) is 6.84. The molecule has 0 spiro atoms. The van der Waals surface area contributed by atoms with Crippen molar-refractivity contribution < 1.29 is 0 Å². The van der Waals surface area contributed by atoms with Gasteiger partial charge in [-0.2, -0.15) is 0 Å². The fourth-order valence-corrected chi connectivity index (χ4v) is 2.86. The van der Waals surface area contributed by atoms with Crippen molar-refractivity contribution in [1.29, 1.82) is 0 Å². The molecule has 1 N–H and O–H groups in total. The molecule has 0 aromatic heterocycles. The van der Waals surface area contributed by atoms with Crippen LogP contribution < -0.4 is 5.32 Å². The van der Waals surface area contributed by atoms with Crippen molar-refractivity contribution in [1.82, 2.24) is 10.2 Å². The fourth-order valence-electron chi connectivity index (χ4n) is 2.29. The molecule has 1 fully saturated rings. The van der Waals surface area contributed by atoms with E-state index in [9.17, 15) is 0 Å². The van der Waals surface area contributed by atoms with Crippen LogP contribution in [0.4, 0.5) is 0 Å². The van der Waals surface area contributed by atoms with E-state index in [1.807, 2.05) is 18.2 Å². The highest BCUT2D eigenvalue weighted by atomic mass is 35.5. The minimum absolute atomic E-state index is 0.347. The van der Waals surface area contributed by atoms with Crippen molar-refractivity contribution in [2.75, 3.05) is 26.2 Å². The maximum Gasteiger partial charge on any atom is 0.0468 e. The summed E-state index contributed by atoms with van der Waals surface area (Å²) in [7, 11) is 0. The molecule has 1 aromatic rings. The van der Waals surface area contributed by atoms with E-state index in [0.717, 1.165) is 36.8 Å². The number of benzene rings is 1. The van der Waals surface area contributed by atoms with Crippen molar-refractivity contribution in [3.63, 3.8) is 0 Å². The second kappa shape index (κ2) is 6.05. The van der Waals surface area contributed by atoms with Gasteiger partial charge in [-0.3, -0.25) is 4.90 Å². The third-order valence-electron chi connectivity index (χ3n) is 3.33. The van der Waals surface area contributed by atoms with E-state index < -0.39 is 0 Å². The van der Waals surface area contributed by atoms with Crippen LogP contribution in [0.3, 0.4) is 0 Å². The summed E-state index contributed by atoms with van der Waals surface area (Å²) in [5.74, 6) is 0. The monoisotopic (exact) mass is 272 g/mol. The van der Waals surface area contributed by atoms with Crippen LogP contribution >= 0.6 is 23.2 Å². The Kier molecular flexibility index (Phi) is 4.69. The average Bonchev–Trinajstić information content (AvgIpc) is 2.56. The van der Waals surface area contributed by atoms with Crippen LogP contribution in [-0.2, 0) is 0 Å². The standard InChI is InChI=1S/C13H18Cl2N2/c1-10(17-7-2-5-16-6-8-17)12-4-3-11(14)9-13(12)15/h3-4,9-10,16H,2,5-8H2,1H3. The lowest BCUT2D eigenvalue weighted by atomic mass is 10.1. The molecule has 1 aliphatic rings. The molecule has 4 heteroatoms. The van der Waals surface area contributed by atoms with Crippen LogP contribution in [0, 0.1) is 0 Å². The molecule has 2 rings (SSSR count). The fraction of sp³-hybridized carbons (Fsp3) is 0.538. The van der Waals surface area contributed by atoms with Gasteiger partial charge in [0.1, 0.15) is 0 Å². The van der Waals surface area contributed by atoms with Gasteiger partial charge in [-0.05, 0) is 44.1 Å². The summed E-state index contributed by atoms with van der Waals surface area (Å²) in [5, 5.41) is 4.88. The predicted octanol–water partition coefficient (Wildman–Crippen LogP) is 3.35. The maximum absolute atomic E-state index is 6.26. The molecule has 1 unspecified atom stereocenters. The third kappa shape index (κ3) is 3.35. The Bertz CT molecular complexity index is 374. The molecule has 0 bridgehead atoms. The number of hydrogen-bond donors (Lipinski definition) is 1. The first-order chi connectivity index (χ1) is 8.18. The van der Waals surface area contributed by atoms with Gasteiger partial charge in [0, 0.05) is 29.2 Å². The first-order valence-electron chi connectivity index (χ1n) is 6.08. The van der Waals surface area contributed by atoms with E-state index in [0.29, 0.717) is 11.1 Å². The Morgan fingerprint density at radius 3 is 2.82 bits per heavy atom. The largest absolute Gasteiger partial charge is 0.315 e. The minimum atomic E-state index is 0.347. The van der Waals surface area contributed by atoms with Gasteiger partial charge >= 0.3 is 0 Å². The van der Waals surface area contributed by atoms with Crippen LogP contribution in [0.5, 0.6) is 0 Å². The summed E-state index contributed by atoms with van der Waals surface area (Å²) < 4.78 is 0. The number of nitrogens with zero attached hydrogens (tertiary/aromatic N) is 1. The van der Waals surface area contributed by atoms with Crippen LogP contribution in [0.2, 0.25) is 10.0 Å². The van der Waals surface area contributed by atoms with E-state index in [1.165, 1.54) is 6.42 Å². The van der Waals surface area contributed by atoms with Gasteiger partial charge in [-0.1, -0.05) is 29.3 Å². The van der Waals surface area contributed by atoms with Gasteiger partial charge in [0.25, 0.3) is 0 Å². The average molecular weight is 273 g/mol. The van der Waals surface area contributed by atoms with Crippen molar-refractivity contribution in [3.8, 4) is 0 Å². The molecular weight excluding hydrogens is 255 g/mol. The quantitative estimate of drug-likeness (QED) is 0.889. The number of nitrogens with one attached hydrogen (secondary N) is 1. The molecule has 1 saturated heterocycles. The maximum atomic E-state index is 6.26. The van der Waals surface area contributed by atoms with Crippen molar-refractivity contribution >= 4 is 23.2 Å². The second-order valence-corrected chi connectivity index (χ2v) is 5.32. The van der Waals surface area contributed by atoms with Gasteiger partial charge in [0.2, 0.25) is 0 Å². The van der Waals surface area contributed by atoms with E-state index in [2.05, 4.69) is 17.1 Å². The van der Waals surface area contributed by atoms with Crippen LogP contribution in [0.15, 0.2) is 18.2 Å². The zero-order valence-corrected chi connectivity index (χ0v) is 11.6. The van der Waals surface area contributed by atoms with E-state index >= 15 is 0 Å². The molecule has 1 aliphatic heterocycles. The highest BCUT2D eigenvalue weighted by Crippen LogP contribution is 2.29. The zero-order chi connectivity index (χ0) is 12.3. The normalized spacial score (nSPS) is 19.9. The third-order valence-corrected chi connectivity index (χ3v) is 3.90. The Hall–Kier alpha value is -0.280. The molecule has 1 aromatic carbocycles. The van der Waals surface area contributed by atoms with Crippen LogP contribution in [-0.4, -0.2) is 31.1 Å². The lowest BCUT2D eigenvalue weighted by molar-refractivity contribution is 0.225. The topological polar surface area (TPSA) is 15.3 Å². The number of rotatable bonds is 2. The molecule has 0 amide bonds. The smallest absolute Gasteiger partial charge is 0.0468 e. The second-order valence-electron chi connectivity index (χ2n) is 4.48. The highest BCUT2D eigenvalue weighted by Gasteiger charge is 2.19. The molecule has 0 radical (unpaired) electrons. The Balaban J connectivity index is 2.14. The van der Waals surface area contributed by atoms with E-state index in [-0.39, 0.29) is 0 Å². The zero-order valence-electron chi connectivity index (χ0n) is 10.0. The number of halogens is 2. The van der Waals surface area contributed by atoms with E-state index in [1.54, 1.807) is 0 Å². The lowest BCUT2D eigenvalue weighted by Gasteiger charge is -2.28. The van der Waals surface area contributed by atoms with Crippen LogP contribution in [0.25, 0.3) is 0 Å². The van der Waals surface area contributed by atoms with Gasteiger partial charge in [-0.15, -0.1) is 0 Å². The molecular formula is C13H18Cl2N2. The summed E-state index contributed by atoms with van der Waals surface area (Å²) >= 11 is 12.2.